The SMILES string of the molecule is CC(C)=CCOS(=O)(=O)CS. The maximum Gasteiger partial charge on any atom is 0.276 e. The van der Waals surface area contributed by atoms with Crippen LogP contribution in [0.15, 0.2) is 11.6 Å². The number of thiol groups is 1. The van der Waals surface area contributed by atoms with Gasteiger partial charge in [0, 0.05) is 0 Å². The molecule has 0 amide bonds. The maximum absolute atomic E-state index is 10.7. The van der Waals surface area contributed by atoms with Gasteiger partial charge in [0.15, 0.2) is 0 Å². The van der Waals surface area contributed by atoms with Gasteiger partial charge in [-0.05, 0) is 13.8 Å². The molecule has 0 heterocycles. The fraction of sp³-hybridized carbons (Fsp3) is 0.667. The smallest absolute Gasteiger partial charge is 0.265 e. The number of hydrogen-bond donors (Lipinski definition) is 1. The van der Waals surface area contributed by atoms with Crippen LogP contribution in [0.3, 0.4) is 0 Å². The predicted molar refractivity (Wildman–Crippen MR) is 48.2 cm³/mol. The standard InChI is InChI=1S/C6H12O3S2/c1-6(2)3-4-9-11(7,8)5-10/h3,10H,4-5H2,1-2H3. The Morgan fingerprint density at radius 1 is 1.55 bits per heavy atom. The molecule has 0 saturated carbocycles. The van der Waals surface area contributed by atoms with Crippen molar-refractivity contribution in [2.45, 2.75) is 13.8 Å². The van der Waals surface area contributed by atoms with Crippen molar-refractivity contribution < 1.29 is 12.6 Å². The first-order valence-electron chi connectivity index (χ1n) is 3.09. The van der Waals surface area contributed by atoms with Gasteiger partial charge in [0.05, 0.1) is 6.61 Å². The number of rotatable bonds is 4. The Morgan fingerprint density at radius 2 is 2.09 bits per heavy atom. The van der Waals surface area contributed by atoms with E-state index in [2.05, 4.69) is 16.8 Å². The highest BCUT2D eigenvalue weighted by molar-refractivity contribution is 8.01. The van der Waals surface area contributed by atoms with Gasteiger partial charge in [0.2, 0.25) is 0 Å². The Kier molecular flexibility index (Phi) is 4.79. The molecule has 5 heteroatoms. The van der Waals surface area contributed by atoms with Crippen molar-refractivity contribution in [1.29, 1.82) is 0 Å². The molecule has 0 aliphatic carbocycles. The van der Waals surface area contributed by atoms with Gasteiger partial charge in [-0.2, -0.15) is 21.0 Å². The van der Waals surface area contributed by atoms with E-state index in [1.807, 2.05) is 13.8 Å². The molecule has 3 nitrogen and oxygen atoms in total. The molecule has 0 saturated heterocycles. The van der Waals surface area contributed by atoms with E-state index in [0.717, 1.165) is 5.57 Å². The van der Waals surface area contributed by atoms with Crippen molar-refractivity contribution in [2.24, 2.45) is 0 Å². The molecule has 66 valence electrons. The summed E-state index contributed by atoms with van der Waals surface area (Å²) in [5.41, 5.74) is 1.03. The summed E-state index contributed by atoms with van der Waals surface area (Å²) in [6.07, 6.45) is 1.70. The van der Waals surface area contributed by atoms with E-state index in [0.29, 0.717) is 0 Å². The Balaban J connectivity index is 3.82. The summed E-state index contributed by atoms with van der Waals surface area (Å²) < 4.78 is 25.8. The molecule has 0 bridgehead atoms. The minimum atomic E-state index is -3.40. The average molecular weight is 196 g/mol. The van der Waals surface area contributed by atoms with Crippen LogP contribution in [0.1, 0.15) is 13.8 Å². The summed E-state index contributed by atoms with van der Waals surface area (Å²) in [5.74, 6) is 0. The summed E-state index contributed by atoms with van der Waals surface area (Å²) >= 11 is 3.59. The molecule has 11 heavy (non-hydrogen) atoms. The van der Waals surface area contributed by atoms with Crippen molar-refractivity contribution >= 4 is 22.7 Å². The van der Waals surface area contributed by atoms with E-state index < -0.39 is 10.1 Å². The minimum absolute atomic E-state index is 0.102. The Labute approximate surface area is 73.0 Å². The highest BCUT2D eigenvalue weighted by atomic mass is 32.3. The molecule has 0 fully saturated rings. The first-order valence-corrected chi connectivity index (χ1v) is 5.30. The molecule has 0 aromatic carbocycles. The Hall–Kier alpha value is -0.0000000000000000555. The molecule has 0 spiro atoms. The van der Waals surface area contributed by atoms with Crippen LogP contribution in [0.5, 0.6) is 0 Å². The maximum atomic E-state index is 10.7. The summed E-state index contributed by atoms with van der Waals surface area (Å²) in [4.78, 5) is 0. The van der Waals surface area contributed by atoms with Gasteiger partial charge in [-0.1, -0.05) is 11.6 Å². The van der Waals surface area contributed by atoms with Crippen LogP contribution in [-0.4, -0.2) is 20.1 Å². The van der Waals surface area contributed by atoms with Crippen LogP contribution < -0.4 is 0 Å². The van der Waals surface area contributed by atoms with Crippen molar-refractivity contribution in [1.82, 2.24) is 0 Å². The third kappa shape index (κ3) is 6.40. The molecule has 0 aromatic rings. The zero-order valence-corrected chi connectivity index (χ0v) is 8.28. The van der Waals surface area contributed by atoms with Gasteiger partial charge in [0.1, 0.15) is 5.08 Å². The zero-order chi connectivity index (χ0) is 8.91. The van der Waals surface area contributed by atoms with Crippen molar-refractivity contribution in [3.8, 4) is 0 Å². The first kappa shape index (κ1) is 11.0. The molecule has 0 unspecified atom stereocenters. The summed E-state index contributed by atoms with van der Waals surface area (Å²) in [5, 5.41) is -0.274. The predicted octanol–water partition coefficient (Wildman–Crippen LogP) is 1.19. The largest absolute Gasteiger partial charge is 0.276 e. The van der Waals surface area contributed by atoms with Gasteiger partial charge >= 0.3 is 0 Å². The second-order valence-electron chi connectivity index (χ2n) is 2.25. The monoisotopic (exact) mass is 196 g/mol. The van der Waals surface area contributed by atoms with E-state index >= 15 is 0 Å². The van der Waals surface area contributed by atoms with Crippen LogP contribution in [0.25, 0.3) is 0 Å². The van der Waals surface area contributed by atoms with Crippen LogP contribution in [0, 0.1) is 0 Å². The normalized spacial score (nSPS) is 11.2. The van der Waals surface area contributed by atoms with E-state index in [-0.39, 0.29) is 11.7 Å². The minimum Gasteiger partial charge on any atom is -0.265 e. The first-order chi connectivity index (χ1) is 4.98. The Morgan fingerprint density at radius 3 is 2.45 bits per heavy atom. The Bertz CT molecular complexity index is 224. The van der Waals surface area contributed by atoms with E-state index in [4.69, 9.17) is 0 Å². The lowest BCUT2D eigenvalue weighted by Crippen LogP contribution is -2.06. The molecule has 0 aliphatic rings. The molecular weight excluding hydrogens is 184 g/mol. The molecule has 0 aliphatic heterocycles. The lowest BCUT2D eigenvalue weighted by Gasteiger charge is -1.98. The zero-order valence-electron chi connectivity index (χ0n) is 6.57. The molecular formula is C6H12O3S2. The lowest BCUT2D eigenvalue weighted by atomic mass is 10.3. The fourth-order valence-electron chi connectivity index (χ4n) is 0.342. The van der Waals surface area contributed by atoms with Crippen LogP contribution in [0.4, 0.5) is 0 Å². The summed E-state index contributed by atoms with van der Waals surface area (Å²) in [6.45, 7) is 3.85. The number of hydrogen-bond acceptors (Lipinski definition) is 4. The topological polar surface area (TPSA) is 43.4 Å². The number of allylic oxidation sites excluding steroid dienone is 1. The van der Waals surface area contributed by atoms with Gasteiger partial charge in [-0.3, -0.25) is 4.18 Å². The van der Waals surface area contributed by atoms with Gasteiger partial charge in [-0.25, -0.2) is 0 Å². The van der Waals surface area contributed by atoms with Gasteiger partial charge in [0.25, 0.3) is 10.1 Å². The van der Waals surface area contributed by atoms with E-state index in [9.17, 15) is 8.42 Å². The van der Waals surface area contributed by atoms with Crippen LogP contribution in [-0.2, 0) is 14.3 Å². The molecule has 0 aromatic heterocycles. The molecule has 0 atom stereocenters. The third-order valence-corrected chi connectivity index (χ3v) is 2.66. The van der Waals surface area contributed by atoms with E-state index in [1.54, 1.807) is 6.08 Å². The second kappa shape index (κ2) is 4.79. The molecule has 0 rings (SSSR count). The van der Waals surface area contributed by atoms with Crippen LogP contribution in [0.2, 0.25) is 0 Å². The van der Waals surface area contributed by atoms with Gasteiger partial charge < -0.3 is 0 Å². The molecule has 0 radical (unpaired) electrons. The highest BCUT2D eigenvalue weighted by Gasteiger charge is 2.05. The highest BCUT2D eigenvalue weighted by Crippen LogP contribution is 1.97. The average Bonchev–Trinajstić information content (AvgIpc) is 1.87. The quantitative estimate of drug-likeness (QED) is 0.417. The second-order valence-corrected chi connectivity index (χ2v) is 4.64. The summed E-state index contributed by atoms with van der Waals surface area (Å²) in [7, 11) is -3.40. The van der Waals surface area contributed by atoms with Crippen molar-refractivity contribution in [3.05, 3.63) is 11.6 Å². The lowest BCUT2D eigenvalue weighted by molar-refractivity contribution is 0.360. The fourth-order valence-corrected chi connectivity index (χ4v) is 0.915. The van der Waals surface area contributed by atoms with E-state index in [1.165, 1.54) is 0 Å². The molecule has 0 N–H and O–H groups in total. The third-order valence-electron chi connectivity index (χ3n) is 0.897. The van der Waals surface area contributed by atoms with Crippen molar-refractivity contribution in [3.63, 3.8) is 0 Å². The van der Waals surface area contributed by atoms with Gasteiger partial charge in [-0.15, -0.1) is 0 Å². The van der Waals surface area contributed by atoms with Crippen LogP contribution >= 0.6 is 12.6 Å². The summed E-state index contributed by atoms with van der Waals surface area (Å²) in [6, 6.07) is 0. The van der Waals surface area contributed by atoms with Crippen molar-refractivity contribution in [2.75, 3.05) is 11.7 Å².